The molecule has 4 aliphatic rings. The number of ether oxygens (including phenoxy) is 4. The smallest absolute Gasteiger partial charge is 0.352 e. The molecule has 0 saturated carbocycles. The van der Waals surface area contributed by atoms with Gasteiger partial charge in [0.25, 0.3) is 10.2 Å². The molecule has 11 rings (SSSR count). The molecule has 0 bridgehead atoms. The number of benzene rings is 5. The van der Waals surface area contributed by atoms with Crippen LogP contribution >= 0.6 is 0 Å². The minimum absolute atomic E-state index is 0.0884. The van der Waals surface area contributed by atoms with Crippen LogP contribution in [-0.4, -0.2) is 195 Å². The van der Waals surface area contributed by atoms with E-state index in [1.807, 2.05) is 90.0 Å². The summed E-state index contributed by atoms with van der Waals surface area (Å²) in [5, 5.41) is 24.6. The van der Waals surface area contributed by atoms with E-state index in [-0.39, 0.29) is 36.3 Å². The highest BCUT2D eigenvalue weighted by Crippen LogP contribution is 2.41. The number of piperidine rings is 1. The van der Waals surface area contributed by atoms with E-state index in [0.29, 0.717) is 103 Å². The highest BCUT2D eigenvalue weighted by atomic mass is 32.2. The van der Waals surface area contributed by atoms with E-state index in [1.165, 1.54) is 8.61 Å². The number of aromatic nitrogens is 3. The van der Waals surface area contributed by atoms with Gasteiger partial charge >= 0.3 is 5.97 Å². The number of carbonyl (C=O) groups excluding carboxylic acids is 4. The molecule has 1 aliphatic carbocycles. The Morgan fingerprint density at radius 2 is 1.42 bits per heavy atom. The summed E-state index contributed by atoms with van der Waals surface area (Å²) in [7, 11) is 1.52. The van der Waals surface area contributed by atoms with Crippen LogP contribution in [0.25, 0.3) is 32.8 Å². The number of fused-ring (bicyclic) bond motifs is 3. The first-order valence-corrected chi connectivity index (χ1v) is 32.0. The first-order chi connectivity index (χ1) is 43.1. The minimum Gasteiger partial charge on any atom is -0.493 e. The quantitative estimate of drug-likeness (QED) is 0.0282. The van der Waals surface area contributed by atoms with Crippen LogP contribution in [0.4, 0.5) is 11.4 Å². The number of nitrogens with one attached hydrogen (secondary N) is 2. The van der Waals surface area contributed by atoms with Crippen LogP contribution < -0.4 is 25.0 Å². The lowest BCUT2D eigenvalue weighted by molar-refractivity contribution is -0.137. The van der Waals surface area contributed by atoms with Gasteiger partial charge in [-0.15, -0.1) is 0 Å². The molecule has 89 heavy (non-hydrogen) atoms. The molecule has 7 aromatic rings. The molecule has 22 nitrogen and oxygen atoms in total. The summed E-state index contributed by atoms with van der Waals surface area (Å²) in [6.07, 6.45) is 1.31. The molecule has 3 aliphatic heterocycles. The van der Waals surface area contributed by atoms with E-state index in [0.717, 1.165) is 93.9 Å². The number of carbonyl (C=O) groups is 5. The summed E-state index contributed by atoms with van der Waals surface area (Å²) in [6, 6.07) is 33.1. The van der Waals surface area contributed by atoms with Crippen molar-refractivity contribution >= 4 is 72.6 Å². The van der Waals surface area contributed by atoms with Crippen molar-refractivity contribution < 1.29 is 56.4 Å². The number of piperazine rings is 2. The number of ketones is 2. The zero-order chi connectivity index (χ0) is 62.3. The summed E-state index contributed by atoms with van der Waals surface area (Å²) in [4.78, 5) is 71.8. The lowest BCUT2D eigenvalue weighted by Crippen LogP contribution is -2.51. The van der Waals surface area contributed by atoms with Crippen molar-refractivity contribution in [1.29, 1.82) is 0 Å². The lowest BCUT2D eigenvalue weighted by atomic mass is 9.82. The van der Waals surface area contributed by atoms with E-state index < -0.39 is 51.4 Å². The Labute approximate surface area is 518 Å². The van der Waals surface area contributed by atoms with E-state index in [2.05, 4.69) is 43.5 Å². The second kappa shape index (κ2) is 27.8. The average molecular weight is 1240 g/mol. The first-order valence-electron chi connectivity index (χ1n) is 30.6. The number of carboxylic acids is 1. The summed E-state index contributed by atoms with van der Waals surface area (Å²) in [6.45, 7) is 11.5. The highest BCUT2D eigenvalue weighted by molar-refractivity contribution is 7.86. The fourth-order valence-corrected chi connectivity index (χ4v) is 14.0. The molecule has 3 fully saturated rings. The average Bonchev–Trinajstić information content (AvgIpc) is 1.63. The van der Waals surface area contributed by atoms with Crippen molar-refractivity contribution in [2.75, 3.05) is 129 Å². The van der Waals surface area contributed by atoms with Crippen LogP contribution in [0.2, 0.25) is 0 Å². The van der Waals surface area contributed by atoms with Crippen molar-refractivity contribution in [2.24, 2.45) is 18.9 Å². The maximum absolute atomic E-state index is 13.7. The summed E-state index contributed by atoms with van der Waals surface area (Å²) in [5.41, 5.74) is 7.29. The van der Waals surface area contributed by atoms with Crippen LogP contribution in [0.15, 0.2) is 103 Å². The third-order valence-corrected chi connectivity index (χ3v) is 19.5. The molecular weight excluding hydrogens is 1160 g/mol. The monoisotopic (exact) mass is 1230 g/mol. The van der Waals surface area contributed by atoms with Crippen LogP contribution in [0.5, 0.6) is 11.5 Å². The molecule has 3 N–H and O–H groups in total. The number of Topliss-reactive ketones (excluding diaryl/α,β-unsaturated/α-hetero) is 2. The van der Waals surface area contributed by atoms with Gasteiger partial charge in [0.15, 0.2) is 11.6 Å². The van der Waals surface area contributed by atoms with Crippen molar-refractivity contribution in [3.8, 4) is 22.6 Å². The normalized spacial score (nSPS) is 17.9. The number of carboxylic acid groups (broad SMARTS) is 1. The van der Waals surface area contributed by atoms with Gasteiger partial charge in [-0.25, -0.2) is 4.79 Å². The standard InChI is InChI=1S/C66H78N10O12S/c1-44-58(55(71(4)69-44)43-88-47-22-20-46(21-23-47)74-32-34-75(35-33-74)89(83,84)70(2)3)51-15-8-14-49-50(17-10-38-87-56-19-7-12-45-11-5-6-13-48(45)56)62(66(81)82)76(61(49)51)36-31-72-27-29-73(30-28-72)37-40-86-42-41-85-39-26-67-54-18-9-16-52-59(54)64(79)60(63(52)78)53-24-25-57(77)68-65(53)80/h5-9,11-16,18-23,53,60,67H,10,17,24-43H2,1-4H3,(H,81,82)(H,68,77,80). The number of imide groups is 1. The summed E-state index contributed by atoms with van der Waals surface area (Å²) in [5.74, 6) is -3.33. The number of rotatable bonds is 27. The van der Waals surface area contributed by atoms with E-state index >= 15 is 0 Å². The van der Waals surface area contributed by atoms with Crippen molar-refractivity contribution in [1.82, 2.24) is 38.1 Å². The fraction of sp³-hybridized carbons (Fsp3) is 0.424. The van der Waals surface area contributed by atoms with Gasteiger partial charge in [-0.2, -0.15) is 22.1 Å². The SMILES string of the molecule is Cc1nn(C)c(COc2ccc(N3CCN(S(=O)(=O)N(C)C)CC3)cc2)c1-c1cccc2c(CCCOc3cccc4ccccc34)c(C(=O)O)n(CCN3CCN(CCOCCOCCNc4cccc5c4C(=O)C(C4CCC(=O)NC4=O)C5=O)CC3)c12. The van der Waals surface area contributed by atoms with Gasteiger partial charge < -0.3 is 38.8 Å². The molecule has 0 spiro atoms. The van der Waals surface area contributed by atoms with E-state index in [4.69, 9.17) is 24.0 Å². The molecule has 2 aromatic heterocycles. The van der Waals surface area contributed by atoms with Crippen LogP contribution in [0.1, 0.15) is 67.4 Å². The molecule has 23 heteroatoms. The Morgan fingerprint density at radius 3 is 2.16 bits per heavy atom. The topological polar surface area (TPSA) is 240 Å². The largest absolute Gasteiger partial charge is 0.493 e. The number of anilines is 2. The second-order valence-corrected chi connectivity index (χ2v) is 25.4. The highest BCUT2D eigenvalue weighted by Gasteiger charge is 2.48. The number of aryl methyl sites for hydroxylation is 3. The zero-order valence-corrected chi connectivity index (χ0v) is 51.8. The summed E-state index contributed by atoms with van der Waals surface area (Å²) >= 11 is 0. The number of para-hydroxylation sites is 1. The van der Waals surface area contributed by atoms with Gasteiger partial charge in [0.05, 0.1) is 67.3 Å². The van der Waals surface area contributed by atoms with Gasteiger partial charge in [-0.1, -0.05) is 66.7 Å². The van der Waals surface area contributed by atoms with Crippen molar-refractivity contribution in [3.63, 3.8) is 0 Å². The maximum atomic E-state index is 13.7. The molecule has 5 aromatic carbocycles. The van der Waals surface area contributed by atoms with Gasteiger partial charge in [-0.3, -0.25) is 39.0 Å². The van der Waals surface area contributed by atoms with Crippen molar-refractivity contribution in [2.45, 2.75) is 45.8 Å². The Balaban J connectivity index is 0.708. The minimum atomic E-state index is -3.48. The maximum Gasteiger partial charge on any atom is 0.352 e. The summed E-state index contributed by atoms with van der Waals surface area (Å²) < 4.78 is 56.8. The van der Waals surface area contributed by atoms with Gasteiger partial charge in [0.2, 0.25) is 11.8 Å². The van der Waals surface area contributed by atoms with E-state index in [9.17, 15) is 37.5 Å². The Kier molecular flexibility index (Phi) is 19.5. The van der Waals surface area contributed by atoms with Crippen LogP contribution in [0, 0.1) is 18.8 Å². The second-order valence-electron chi connectivity index (χ2n) is 23.2. The molecule has 3 saturated heterocycles. The molecule has 2 unspecified atom stereocenters. The third-order valence-electron chi connectivity index (χ3n) is 17.6. The van der Waals surface area contributed by atoms with Gasteiger partial charge in [0, 0.05) is 145 Å². The zero-order valence-electron chi connectivity index (χ0n) is 50.9. The Morgan fingerprint density at radius 1 is 0.730 bits per heavy atom. The van der Waals surface area contributed by atoms with Crippen LogP contribution in [0.3, 0.4) is 0 Å². The predicted molar refractivity (Wildman–Crippen MR) is 338 cm³/mol. The fourth-order valence-electron chi connectivity index (χ4n) is 12.9. The number of hydrogen-bond acceptors (Lipinski definition) is 16. The molecular formula is C66H78N10O12S. The third kappa shape index (κ3) is 13.6. The predicted octanol–water partition coefficient (Wildman–Crippen LogP) is 6.53. The van der Waals surface area contributed by atoms with Crippen molar-refractivity contribution in [3.05, 3.63) is 137 Å². The Bertz CT molecular complexity index is 3860. The molecule has 2 amide bonds. The Hall–Kier alpha value is -8.03. The first kappa shape index (κ1) is 62.6. The van der Waals surface area contributed by atoms with E-state index in [1.54, 1.807) is 32.3 Å². The molecule has 2 atom stereocenters. The number of hydrogen-bond donors (Lipinski definition) is 3. The van der Waals surface area contributed by atoms with Gasteiger partial charge in [-0.05, 0) is 73.5 Å². The van der Waals surface area contributed by atoms with Crippen LogP contribution in [-0.2, 0) is 55.9 Å². The molecule has 470 valence electrons. The van der Waals surface area contributed by atoms with Gasteiger partial charge in [0.1, 0.15) is 23.8 Å². The lowest BCUT2D eigenvalue weighted by Gasteiger charge is -2.36. The molecule has 0 radical (unpaired) electrons. The number of aromatic carboxylic acids is 1. The number of amides is 2. The molecule has 5 heterocycles. The number of nitrogens with zero attached hydrogens (tertiary/aromatic N) is 8.